The second kappa shape index (κ2) is 6.86. The van der Waals surface area contributed by atoms with Gasteiger partial charge in [0.2, 0.25) is 13.6 Å². The third-order valence-electron chi connectivity index (χ3n) is 2.68. The van der Waals surface area contributed by atoms with Crippen LogP contribution in [0.2, 0.25) is 0 Å². The van der Waals surface area contributed by atoms with Crippen molar-refractivity contribution in [2.75, 3.05) is 0 Å². The van der Waals surface area contributed by atoms with Crippen LogP contribution in [0.4, 0.5) is 0 Å². The van der Waals surface area contributed by atoms with E-state index in [0.717, 1.165) is 11.3 Å². The van der Waals surface area contributed by atoms with E-state index in [-0.39, 0.29) is 9.96 Å². The van der Waals surface area contributed by atoms with Gasteiger partial charge in [-0.05, 0) is 23.6 Å². The van der Waals surface area contributed by atoms with Crippen molar-refractivity contribution in [1.29, 1.82) is 0 Å². The third-order valence-corrected chi connectivity index (χ3v) is 6.54. The Hall–Kier alpha value is -0.990. The summed E-state index contributed by atoms with van der Waals surface area (Å²) in [6.45, 7) is 0. The minimum atomic E-state index is -4.18. The number of rotatable bonds is 5. The lowest BCUT2D eigenvalue weighted by Crippen LogP contribution is -2.35. The lowest BCUT2D eigenvalue weighted by atomic mass is 10.2. The van der Waals surface area contributed by atoms with Crippen molar-refractivity contribution in [2.45, 2.75) is 13.4 Å². The topological polar surface area (TPSA) is 80.7 Å². The number of thiophene rings is 1. The Morgan fingerprint density at radius 3 is 2.22 bits per heavy atom. The Labute approximate surface area is 151 Å². The molecule has 0 spiro atoms. The van der Waals surface area contributed by atoms with Crippen molar-refractivity contribution in [3.8, 4) is 5.75 Å². The first-order valence-electron chi connectivity index (χ1n) is 5.96. The van der Waals surface area contributed by atoms with Crippen LogP contribution in [0.1, 0.15) is 5.56 Å². The largest absolute Gasteiger partial charge is 0.478 e. The Kier molecular flexibility index (Phi) is 5.48. The molecule has 0 bridgehead atoms. The van der Waals surface area contributed by atoms with Crippen LogP contribution in [0.5, 0.6) is 5.75 Å². The van der Waals surface area contributed by atoms with Crippen molar-refractivity contribution >= 4 is 61.9 Å². The SMILES string of the molecule is O=C(O)C(Oc1ccc(C(Cl)(Cl)Cl)cc1)S(=O)(=O)c1cccs1. The second-order valence-electron chi connectivity index (χ2n) is 4.29. The van der Waals surface area contributed by atoms with E-state index in [9.17, 15) is 18.3 Å². The van der Waals surface area contributed by atoms with Gasteiger partial charge < -0.3 is 9.84 Å². The fourth-order valence-corrected chi connectivity index (χ4v) is 4.40. The maximum atomic E-state index is 12.3. The first-order valence-corrected chi connectivity index (χ1v) is 9.52. The molecule has 23 heavy (non-hydrogen) atoms. The Bertz CT molecular complexity index is 780. The Morgan fingerprint density at radius 1 is 1.17 bits per heavy atom. The van der Waals surface area contributed by atoms with Crippen LogP contribution in [-0.4, -0.2) is 24.9 Å². The number of carbonyl (C=O) groups is 1. The molecule has 0 aliphatic carbocycles. The number of carboxylic acids is 1. The number of benzene rings is 1. The summed E-state index contributed by atoms with van der Waals surface area (Å²) in [4.78, 5) is 11.3. The van der Waals surface area contributed by atoms with Gasteiger partial charge in [0.05, 0.1) is 0 Å². The predicted molar refractivity (Wildman–Crippen MR) is 89.2 cm³/mol. The molecule has 0 amide bonds. The van der Waals surface area contributed by atoms with Crippen molar-refractivity contribution in [1.82, 2.24) is 0 Å². The van der Waals surface area contributed by atoms with Gasteiger partial charge in [0.1, 0.15) is 9.96 Å². The highest BCUT2D eigenvalue weighted by Crippen LogP contribution is 2.38. The molecule has 1 unspecified atom stereocenters. The smallest absolute Gasteiger partial charge is 0.361 e. The zero-order valence-corrected chi connectivity index (χ0v) is 15.1. The molecule has 0 saturated heterocycles. The molecule has 2 aromatic rings. The number of aliphatic carboxylic acids is 1. The molecular weight excluding hydrogens is 407 g/mol. The van der Waals surface area contributed by atoms with Gasteiger partial charge in [-0.1, -0.05) is 53.0 Å². The van der Waals surface area contributed by atoms with E-state index in [4.69, 9.17) is 39.5 Å². The van der Waals surface area contributed by atoms with Gasteiger partial charge in [0.15, 0.2) is 0 Å². The van der Waals surface area contributed by atoms with Gasteiger partial charge in [-0.2, -0.15) is 0 Å². The number of alkyl halides is 3. The molecule has 1 aromatic heterocycles. The predicted octanol–water partition coefficient (Wildman–Crippen LogP) is 3.84. The second-order valence-corrected chi connectivity index (χ2v) is 9.73. The minimum Gasteiger partial charge on any atom is -0.478 e. The monoisotopic (exact) mass is 414 g/mol. The molecule has 1 heterocycles. The van der Waals surface area contributed by atoms with Crippen LogP contribution in [0, 0.1) is 0 Å². The van der Waals surface area contributed by atoms with Gasteiger partial charge in [-0.3, -0.25) is 0 Å². The van der Waals surface area contributed by atoms with E-state index in [1.807, 2.05) is 0 Å². The van der Waals surface area contributed by atoms with Crippen LogP contribution in [0.15, 0.2) is 46.0 Å². The number of ether oxygens (including phenoxy) is 1. The lowest BCUT2D eigenvalue weighted by molar-refractivity contribution is -0.141. The minimum absolute atomic E-state index is 0.0236. The number of hydrogen-bond donors (Lipinski definition) is 1. The third kappa shape index (κ3) is 4.30. The molecule has 1 aromatic carbocycles. The molecule has 0 fully saturated rings. The summed E-state index contributed by atoms with van der Waals surface area (Å²) in [5, 5.41) is 10.7. The highest BCUT2D eigenvalue weighted by Gasteiger charge is 2.37. The van der Waals surface area contributed by atoms with Crippen LogP contribution >= 0.6 is 46.1 Å². The molecule has 2 rings (SSSR count). The molecule has 5 nitrogen and oxygen atoms in total. The normalized spacial score (nSPS) is 13.5. The van der Waals surface area contributed by atoms with E-state index in [1.54, 1.807) is 0 Å². The van der Waals surface area contributed by atoms with Gasteiger partial charge in [0, 0.05) is 5.56 Å². The van der Waals surface area contributed by atoms with Crippen molar-refractivity contribution in [2.24, 2.45) is 0 Å². The molecule has 124 valence electrons. The van der Waals surface area contributed by atoms with Gasteiger partial charge >= 0.3 is 5.97 Å². The number of hydrogen-bond acceptors (Lipinski definition) is 5. The van der Waals surface area contributed by atoms with E-state index >= 15 is 0 Å². The average molecular weight is 416 g/mol. The van der Waals surface area contributed by atoms with E-state index in [2.05, 4.69) is 0 Å². The zero-order chi connectivity index (χ0) is 17.3. The number of sulfone groups is 1. The van der Waals surface area contributed by atoms with Crippen LogP contribution in [0.25, 0.3) is 0 Å². The Balaban J connectivity index is 2.29. The van der Waals surface area contributed by atoms with Gasteiger partial charge in [0.25, 0.3) is 5.44 Å². The first-order chi connectivity index (χ1) is 10.6. The van der Waals surface area contributed by atoms with E-state index in [0.29, 0.717) is 5.56 Å². The van der Waals surface area contributed by atoms with Gasteiger partial charge in [-0.25, -0.2) is 13.2 Å². The molecule has 0 aliphatic rings. The number of carboxylic acid groups (broad SMARTS) is 1. The lowest BCUT2D eigenvalue weighted by Gasteiger charge is -2.16. The fourth-order valence-electron chi connectivity index (χ4n) is 1.62. The standard InChI is InChI=1S/C13H9Cl3O5S2/c14-13(15,16)8-3-5-9(6-4-8)21-12(11(17)18)23(19,20)10-2-1-7-22-10/h1-7,12H,(H,17,18). The molecule has 1 atom stereocenters. The van der Waals surface area contributed by atoms with E-state index in [1.165, 1.54) is 41.8 Å². The first kappa shape index (κ1) is 18.4. The fraction of sp³-hybridized carbons (Fsp3) is 0.154. The maximum absolute atomic E-state index is 12.3. The highest BCUT2D eigenvalue weighted by atomic mass is 35.6. The van der Waals surface area contributed by atoms with Crippen LogP contribution in [0.3, 0.4) is 0 Å². The summed E-state index contributed by atoms with van der Waals surface area (Å²) in [6, 6.07) is 8.28. The van der Waals surface area contributed by atoms with E-state index < -0.39 is 25.0 Å². The molecular formula is C13H9Cl3O5S2. The quantitative estimate of drug-likeness (QED) is 0.750. The Morgan fingerprint density at radius 2 is 1.78 bits per heavy atom. The summed E-state index contributed by atoms with van der Waals surface area (Å²) in [6.07, 6.45) is 0. The van der Waals surface area contributed by atoms with Gasteiger partial charge in [-0.15, -0.1) is 11.3 Å². The van der Waals surface area contributed by atoms with Crippen LogP contribution in [-0.2, 0) is 18.4 Å². The molecule has 10 heteroatoms. The van der Waals surface area contributed by atoms with Crippen molar-refractivity contribution in [3.63, 3.8) is 0 Å². The zero-order valence-electron chi connectivity index (χ0n) is 11.1. The molecule has 0 radical (unpaired) electrons. The highest BCUT2D eigenvalue weighted by molar-refractivity contribution is 7.94. The van der Waals surface area contributed by atoms with Crippen molar-refractivity contribution < 1.29 is 23.1 Å². The average Bonchev–Trinajstić information content (AvgIpc) is 2.98. The summed E-state index contributed by atoms with van der Waals surface area (Å²) in [5.41, 5.74) is -1.73. The molecule has 0 saturated carbocycles. The number of halogens is 3. The van der Waals surface area contributed by atoms with Crippen molar-refractivity contribution in [3.05, 3.63) is 47.3 Å². The molecule has 0 aliphatic heterocycles. The summed E-state index contributed by atoms with van der Waals surface area (Å²) >= 11 is 18.0. The molecule has 1 N–H and O–H groups in total. The summed E-state index contributed by atoms with van der Waals surface area (Å²) in [5.74, 6) is -1.60. The maximum Gasteiger partial charge on any atom is 0.361 e. The van der Waals surface area contributed by atoms with Crippen LogP contribution < -0.4 is 4.74 Å². The summed E-state index contributed by atoms with van der Waals surface area (Å²) in [7, 11) is -4.18. The summed E-state index contributed by atoms with van der Waals surface area (Å²) < 4.78 is 28.0.